The number of aryl methyl sites for hydroxylation is 3. The summed E-state index contributed by atoms with van der Waals surface area (Å²) < 4.78 is 5.55. The van der Waals surface area contributed by atoms with Crippen LogP contribution >= 0.6 is 0 Å². The van der Waals surface area contributed by atoms with Gasteiger partial charge in [-0.05, 0) is 60.7 Å². The molecule has 4 rings (SSSR count). The maximum Gasteiger partial charge on any atom is 0.295 e. The minimum Gasteiger partial charge on any atom is -0.507 e. The number of pyridine rings is 1. The van der Waals surface area contributed by atoms with E-state index in [1.165, 1.54) is 12.0 Å². The van der Waals surface area contributed by atoms with Crippen LogP contribution in [0.3, 0.4) is 0 Å². The number of benzene rings is 2. The summed E-state index contributed by atoms with van der Waals surface area (Å²) in [6.45, 7) is 5.90. The van der Waals surface area contributed by atoms with Gasteiger partial charge in [0.15, 0.2) is 0 Å². The van der Waals surface area contributed by atoms with Crippen LogP contribution in [0.4, 0.5) is 0 Å². The first kappa shape index (κ1) is 22.3. The Morgan fingerprint density at radius 2 is 1.82 bits per heavy atom. The molecule has 2 aromatic carbocycles. The molecule has 1 N–H and O–H groups in total. The normalized spacial score (nSPS) is 17.5. The molecule has 1 aliphatic heterocycles. The van der Waals surface area contributed by atoms with Crippen molar-refractivity contribution in [1.29, 1.82) is 0 Å². The monoisotopic (exact) mass is 442 g/mol. The maximum absolute atomic E-state index is 13.3. The zero-order valence-corrected chi connectivity index (χ0v) is 19.1. The zero-order chi connectivity index (χ0) is 23.7. The number of aliphatic hydroxyl groups is 1. The number of hydrogen-bond donors (Lipinski definition) is 1. The van der Waals surface area contributed by atoms with Crippen molar-refractivity contribution in [2.45, 2.75) is 33.4 Å². The molecule has 168 valence electrons. The predicted molar refractivity (Wildman–Crippen MR) is 126 cm³/mol. The standard InChI is InChI=1S/C27H26N2O4/c1-16-12-18(3)26(33-4)21(13-16)24(30)22-23(20-10-6-5-8-17(20)2)29(27(32)25(22)31)15-19-9-7-11-28-14-19/h5-14,23,30H,15H2,1-4H3/b24-22+. The van der Waals surface area contributed by atoms with Crippen molar-refractivity contribution in [2.75, 3.05) is 7.11 Å². The molecule has 0 radical (unpaired) electrons. The molecule has 6 heteroatoms. The number of nitrogens with zero attached hydrogens (tertiary/aromatic N) is 2. The van der Waals surface area contributed by atoms with Crippen molar-refractivity contribution in [3.05, 3.63) is 99.9 Å². The number of ether oxygens (including phenoxy) is 1. The van der Waals surface area contributed by atoms with E-state index in [0.717, 1.165) is 27.8 Å². The molecule has 1 aliphatic rings. The Kier molecular flexibility index (Phi) is 6.01. The van der Waals surface area contributed by atoms with Gasteiger partial charge in [0.1, 0.15) is 11.5 Å². The number of amides is 1. The molecule has 0 bridgehead atoms. The quantitative estimate of drug-likeness (QED) is 0.354. The molecule has 1 aromatic heterocycles. The molecule has 0 saturated carbocycles. The van der Waals surface area contributed by atoms with Crippen molar-refractivity contribution in [3.8, 4) is 5.75 Å². The van der Waals surface area contributed by atoms with Crippen LogP contribution in [-0.4, -0.2) is 33.8 Å². The molecule has 1 fully saturated rings. The Hall–Kier alpha value is -3.93. The number of ketones is 1. The van der Waals surface area contributed by atoms with Crippen LogP contribution in [0.15, 0.2) is 66.5 Å². The molecule has 6 nitrogen and oxygen atoms in total. The largest absolute Gasteiger partial charge is 0.507 e. The number of Topliss-reactive ketones (excluding diaryl/α,β-unsaturated/α-hetero) is 1. The van der Waals surface area contributed by atoms with Gasteiger partial charge in [0, 0.05) is 18.9 Å². The van der Waals surface area contributed by atoms with E-state index in [1.54, 1.807) is 24.5 Å². The highest BCUT2D eigenvalue weighted by atomic mass is 16.5. The molecule has 33 heavy (non-hydrogen) atoms. The molecular formula is C27H26N2O4. The van der Waals surface area contributed by atoms with Gasteiger partial charge in [-0.25, -0.2) is 0 Å². The molecular weight excluding hydrogens is 416 g/mol. The van der Waals surface area contributed by atoms with E-state index in [1.807, 2.05) is 57.2 Å². The average Bonchev–Trinajstić information content (AvgIpc) is 3.04. The van der Waals surface area contributed by atoms with Crippen molar-refractivity contribution < 1.29 is 19.4 Å². The second-order valence-electron chi connectivity index (χ2n) is 8.31. The average molecular weight is 443 g/mol. The Morgan fingerprint density at radius 3 is 2.48 bits per heavy atom. The lowest BCUT2D eigenvalue weighted by Gasteiger charge is -2.26. The zero-order valence-electron chi connectivity index (χ0n) is 19.1. The Labute approximate surface area is 193 Å². The first-order chi connectivity index (χ1) is 15.8. The van der Waals surface area contributed by atoms with Gasteiger partial charge in [0.25, 0.3) is 11.7 Å². The fraction of sp³-hybridized carbons (Fsp3) is 0.222. The third-order valence-corrected chi connectivity index (χ3v) is 5.98. The van der Waals surface area contributed by atoms with Crippen molar-refractivity contribution >= 4 is 17.4 Å². The smallest absolute Gasteiger partial charge is 0.295 e. The third kappa shape index (κ3) is 4.00. The Morgan fingerprint density at radius 1 is 1.06 bits per heavy atom. The molecule has 0 spiro atoms. The topological polar surface area (TPSA) is 79.7 Å². The van der Waals surface area contributed by atoms with E-state index in [2.05, 4.69) is 4.98 Å². The van der Waals surface area contributed by atoms with Crippen LogP contribution in [0, 0.1) is 20.8 Å². The molecule has 1 unspecified atom stereocenters. The van der Waals surface area contributed by atoms with Gasteiger partial charge >= 0.3 is 0 Å². The Balaban J connectivity index is 1.95. The first-order valence-electron chi connectivity index (χ1n) is 10.7. The van der Waals surface area contributed by atoms with Crippen molar-refractivity contribution in [2.24, 2.45) is 0 Å². The highest BCUT2D eigenvalue weighted by Gasteiger charge is 2.46. The summed E-state index contributed by atoms with van der Waals surface area (Å²) in [6.07, 6.45) is 3.32. The number of aliphatic hydroxyl groups excluding tert-OH is 1. The molecule has 1 amide bonds. The van der Waals surface area contributed by atoms with E-state index < -0.39 is 17.7 Å². The summed E-state index contributed by atoms with van der Waals surface area (Å²) in [5.74, 6) is -1.14. The minimum atomic E-state index is -0.739. The molecule has 0 aliphatic carbocycles. The number of aromatic nitrogens is 1. The first-order valence-corrected chi connectivity index (χ1v) is 10.7. The fourth-order valence-corrected chi connectivity index (χ4v) is 4.49. The number of carbonyl (C=O) groups excluding carboxylic acids is 2. The van der Waals surface area contributed by atoms with E-state index in [4.69, 9.17) is 4.74 Å². The SMILES string of the molecule is COc1c(C)cc(C)cc1/C(O)=C1\C(=O)C(=O)N(Cc2cccnc2)C1c1ccccc1C. The lowest BCUT2D eigenvalue weighted by atomic mass is 9.91. The van der Waals surface area contributed by atoms with Gasteiger partial charge in [-0.3, -0.25) is 14.6 Å². The summed E-state index contributed by atoms with van der Waals surface area (Å²) in [7, 11) is 1.52. The summed E-state index contributed by atoms with van der Waals surface area (Å²) in [6, 6.07) is 14.2. The highest BCUT2D eigenvalue weighted by Crippen LogP contribution is 2.43. The number of hydrogen-bond acceptors (Lipinski definition) is 5. The van der Waals surface area contributed by atoms with E-state index in [-0.39, 0.29) is 17.9 Å². The van der Waals surface area contributed by atoms with Crippen LogP contribution in [0.25, 0.3) is 5.76 Å². The van der Waals surface area contributed by atoms with Gasteiger partial charge in [0.05, 0.1) is 24.3 Å². The van der Waals surface area contributed by atoms with Crippen LogP contribution in [0.2, 0.25) is 0 Å². The van der Waals surface area contributed by atoms with Crippen molar-refractivity contribution in [3.63, 3.8) is 0 Å². The molecule has 1 saturated heterocycles. The number of methoxy groups -OCH3 is 1. The molecule has 1 atom stereocenters. The van der Waals surface area contributed by atoms with Crippen LogP contribution in [0.1, 0.15) is 39.4 Å². The van der Waals surface area contributed by atoms with Crippen molar-refractivity contribution in [1.82, 2.24) is 9.88 Å². The highest BCUT2D eigenvalue weighted by molar-refractivity contribution is 6.46. The van der Waals surface area contributed by atoms with Gasteiger partial charge in [-0.15, -0.1) is 0 Å². The minimum absolute atomic E-state index is 0.0569. The summed E-state index contributed by atoms with van der Waals surface area (Å²) >= 11 is 0. The Bertz CT molecular complexity index is 1260. The lowest BCUT2D eigenvalue weighted by molar-refractivity contribution is -0.140. The predicted octanol–water partition coefficient (Wildman–Crippen LogP) is 4.64. The van der Waals surface area contributed by atoms with Gasteiger partial charge < -0.3 is 14.7 Å². The summed E-state index contributed by atoms with van der Waals surface area (Å²) in [4.78, 5) is 32.2. The number of carbonyl (C=O) groups is 2. The fourth-order valence-electron chi connectivity index (χ4n) is 4.49. The molecule has 2 heterocycles. The van der Waals surface area contributed by atoms with Crippen LogP contribution in [-0.2, 0) is 16.1 Å². The van der Waals surface area contributed by atoms with Gasteiger partial charge in [-0.1, -0.05) is 36.4 Å². The molecule has 3 aromatic rings. The summed E-state index contributed by atoms with van der Waals surface area (Å²) in [5, 5.41) is 11.5. The van der Waals surface area contributed by atoms with Crippen LogP contribution in [0.5, 0.6) is 5.75 Å². The third-order valence-electron chi connectivity index (χ3n) is 5.98. The number of rotatable bonds is 5. The second-order valence-corrected chi connectivity index (χ2v) is 8.31. The van der Waals surface area contributed by atoms with E-state index in [9.17, 15) is 14.7 Å². The van der Waals surface area contributed by atoms with E-state index >= 15 is 0 Å². The summed E-state index contributed by atoms with van der Waals surface area (Å²) in [5.41, 5.74) is 4.68. The maximum atomic E-state index is 13.3. The van der Waals surface area contributed by atoms with Gasteiger partial charge in [0.2, 0.25) is 0 Å². The van der Waals surface area contributed by atoms with Gasteiger partial charge in [-0.2, -0.15) is 0 Å². The van der Waals surface area contributed by atoms with Crippen LogP contribution < -0.4 is 4.74 Å². The second kappa shape index (κ2) is 8.90. The lowest BCUT2D eigenvalue weighted by Crippen LogP contribution is -2.29. The van der Waals surface area contributed by atoms with E-state index in [0.29, 0.717) is 11.3 Å². The number of likely N-dealkylation sites (tertiary alicyclic amines) is 1.